The van der Waals surface area contributed by atoms with Crippen LogP contribution in [0.4, 0.5) is 5.69 Å². The molecule has 1 aliphatic heterocycles. The summed E-state index contributed by atoms with van der Waals surface area (Å²) in [6.07, 6.45) is 0.302. The summed E-state index contributed by atoms with van der Waals surface area (Å²) in [6.45, 7) is 5.81. The van der Waals surface area contributed by atoms with Crippen molar-refractivity contribution in [1.82, 2.24) is 9.88 Å². The minimum atomic E-state index is -0.165. The van der Waals surface area contributed by atoms with Crippen molar-refractivity contribution in [2.75, 3.05) is 38.7 Å². The molecule has 0 radical (unpaired) electrons. The Morgan fingerprint density at radius 1 is 1.36 bits per heavy atom. The van der Waals surface area contributed by atoms with Gasteiger partial charge >= 0.3 is 0 Å². The zero-order valence-electron chi connectivity index (χ0n) is 15.3. The normalized spacial score (nSPS) is 17.6. The minimum absolute atomic E-state index is 0.163. The van der Waals surface area contributed by atoms with Crippen LogP contribution >= 0.6 is 11.3 Å². The Morgan fingerprint density at radius 2 is 2.16 bits per heavy atom. The maximum atomic E-state index is 12.6. The van der Waals surface area contributed by atoms with Gasteiger partial charge in [-0.25, -0.2) is 0 Å². The van der Waals surface area contributed by atoms with Gasteiger partial charge in [0.25, 0.3) is 0 Å². The van der Waals surface area contributed by atoms with Gasteiger partial charge in [-0.05, 0) is 38.1 Å². The number of carbonyl (C=O) groups excluding carboxylic acids is 1. The number of aromatic nitrogens is 1. The molecule has 6 heteroatoms. The van der Waals surface area contributed by atoms with Crippen LogP contribution in [0.1, 0.15) is 27.2 Å². The molecule has 1 unspecified atom stereocenters. The topological polar surface area (TPSA) is 45.7 Å². The summed E-state index contributed by atoms with van der Waals surface area (Å²) in [7, 11) is 4.03. The Morgan fingerprint density at radius 3 is 2.84 bits per heavy atom. The van der Waals surface area contributed by atoms with Gasteiger partial charge in [-0.1, -0.05) is 0 Å². The number of pyridine rings is 1. The second kappa shape index (κ2) is 7.54. The van der Waals surface area contributed by atoms with Crippen molar-refractivity contribution < 1.29 is 9.53 Å². The van der Waals surface area contributed by atoms with E-state index in [4.69, 9.17) is 4.74 Å². The Bertz CT molecular complexity index is 757. The zero-order valence-corrected chi connectivity index (χ0v) is 16.1. The van der Waals surface area contributed by atoms with Gasteiger partial charge in [-0.2, -0.15) is 0 Å². The lowest BCUT2D eigenvalue weighted by Gasteiger charge is -2.33. The van der Waals surface area contributed by atoms with Crippen LogP contribution in [0.5, 0.6) is 0 Å². The average Bonchev–Trinajstić information content (AvgIpc) is 2.99. The molecule has 5 nitrogen and oxygen atoms in total. The highest BCUT2D eigenvalue weighted by Gasteiger charge is 2.27. The van der Waals surface area contributed by atoms with E-state index in [0.717, 1.165) is 22.0 Å². The van der Waals surface area contributed by atoms with Crippen molar-refractivity contribution in [3.8, 4) is 0 Å². The monoisotopic (exact) mass is 359 g/mol. The van der Waals surface area contributed by atoms with Crippen LogP contribution in [0.3, 0.4) is 0 Å². The molecule has 3 rings (SSSR count). The number of aryl methyl sites for hydroxylation is 2. The number of nitrogens with zero attached hydrogens (tertiary/aromatic N) is 3. The van der Waals surface area contributed by atoms with E-state index in [1.165, 1.54) is 4.88 Å². The second-order valence-electron chi connectivity index (χ2n) is 6.67. The number of morpholine rings is 1. The van der Waals surface area contributed by atoms with E-state index in [0.29, 0.717) is 26.1 Å². The van der Waals surface area contributed by atoms with E-state index in [9.17, 15) is 4.79 Å². The fourth-order valence-corrected chi connectivity index (χ4v) is 3.88. The largest absolute Gasteiger partial charge is 0.378 e. The SMILES string of the molecule is Cc1cc(N(C)C)cc(C2CN(C(=O)Cc3ccc(C)s3)CCO2)n1. The van der Waals surface area contributed by atoms with Crippen molar-refractivity contribution in [1.29, 1.82) is 0 Å². The highest BCUT2D eigenvalue weighted by molar-refractivity contribution is 7.12. The lowest BCUT2D eigenvalue weighted by molar-refractivity contribution is -0.138. The van der Waals surface area contributed by atoms with Gasteiger partial charge in [0, 0.05) is 41.8 Å². The number of carbonyl (C=O) groups is 1. The third kappa shape index (κ3) is 4.38. The molecule has 1 aliphatic rings. The number of rotatable bonds is 4. The van der Waals surface area contributed by atoms with Gasteiger partial charge in [0.1, 0.15) is 6.10 Å². The van der Waals surface area contributed by atoms with E-state index in [1.807, 2.05) is 44.1 Å². The molecule has 2 aromatic heterocycles. The number of thiophene rings is 1. The molecule has 0 saturated carbocycles. The van der Waals surface area contributed by atoms with Crippen molar-refractivity contribution in [2.45, 2.75) is 26.4 Å². The van der Waals surface area contributed by atoms with Crippen LogP contribution in [-0.2, 0) is 16.0 Å². The smallest absolute Gasteiger partial charge is 0.228 e. The van der Waals surface area contributed by atoms with E-state index in [1.54, 1.807) is 11.3 Å². The van der Waals surface area contributed by atoms with Gasteiger partial charge in [0.2, 0.25) is 5.91 Å². The number of ether oxygens (including phenoxy) is 1. The number of anilines is 1. The summed E-state index contributed by atoms with van der Waals surface area (Å²) in [5.74, 6) is 0.163. The Kier molecular flexibility index (Phi) is 5.39. The van der Waals surface area contributed by atoms with E-state index in [-0.39, 0.29) is 12.0 Å². The highest BCUT2D eigenvalue weighted by atomic mass is 32.1. The van der Waals surface area contributed by atoms with E-state index in [2.05, 4.69) is 22.9 Å². The molecule has 0 aliphatic carbocycles. The van der Waals surface area contributed by atoms with Crippen LogP contribution in [0.2, 0.25) is 0 Å². The summed E-state index contributed by atoms with van der Waals surface area (Å²) >= 11 is 1.69. The van der Waals surface area contributed by atoms with Crippen LogP contribution in [0, 0.1) is 13.8 Å². The first-order chi connectivity index (χ1) is 11.9. The summed E-state index contributed by atoms with van der Waals surface area (Å²) in [5.41, 5.74) is 2.96. The minimum Gasteiger partial charge on any atom is -0.378 e. The molecule has 3 heterocycles. The average molecular weight is 359 g/mol. The number of hydrogen-bond acceptors (Lipinski definition) is 5. The van der Waals surface area contributed by atoms with Crippen LogP contribution in [-0.4, -0.2) is 49.6 Å². The highest BCUT2D eigenvalue weighted by Crippen LogP contribution is 2.25. The third-order valence-electron chi connectivity index (χ3n) is 4.34. The zero-order chi connectivity index (χ0) is 18.0. The molecule has 134 valence electrons. The Balaban J connectivity index is 1.71. The summed E-state index contributed by atoms with van der Waals surface area (Å²) in [6, 6.07) is 8.21. The third-order valence-corrected chi connectivity index (χ3v) is 5.35. The van der Waals surface area contributed by atoms with Crippen molar-refractivity contribution in [3.05, 3.63) is 45.4 Å². The fourth-order valence-electron chi connectivity index (χ4n) is 2.99. The predicted octanol–water partition coefficient (Wildman–Crippen LogP) is 2.97. The van der Waals surface area contributed by atoms with Crippen molar-refractivity contribution >= 4 is 22.9 Å². The van der Waals surface area contributed by atoms with Gasteiger partial charge in [-0.15, -0.1) is 11.3 Å². The van der Waals surface area contributed by atoms with Crippen molar-refractivity contribution in [2.24, 2.45) is 0 Å². The first kappa shape index (κ1) is 17.9. The molecule has 0 spiro atoms. The molecular weight excluding hydrogens is 334 g/mol. The summed E-state index contributed by atoms with van der Waals surface area (Å²) in [5, 5.41) is 0. The predicted molar refractivity (Wildman–Crippen MR) is 101 cm³/mol. The lowest BCUT2D eigenvalue weighted by atomic mass is 10.1. The van der Waals surface area contributed by atoms with Crippen molar-refractivity contribution in [3.63, 3.8) is 0 Å². The molecule has 0 aromatic carbocycles. The number of hydrogen-bond donors (Lipinski definition) is 0. The van der Waals surface area contributed by atoms with Crippen LogP contribution < -0.4 is 4.90 Å². The number of amides is 1. The first-order valence-corrected chi connectivity index (χ1v) is 9.34. The summed E-state index contributed by atoms with van der Waals surface area (Å²) < 4.78 is 5.92. The van der Waals surface area contributed by atoms with Gasteiger partial charge < -0.3 is 14.5 Å². The molecule has 1 amide bonds. The maximum absolute atomic E-state index is 12.6. The van der Waals surface area contributed by atoms with Gasteiger partial charge in [0.05, 0.1) is 25.3 Å². The molecule has 1 atom stereocenters. The van der Waals surface area contributed by atoms with E-state index >= 15 is 0 Å². The van der Waals surface area contributed by atoms with E-state index < -0.39 is 0 Å². The van der Waals surface area contributed by atoms with Gasteiger partial charge in [-0.3, -0.25) is 9.78 Å². The molecule has 1 fully saturated rings. The van der Waals surface area contributed by atoms with Crippen LogP contribution in [0.25, 0.3) is 0 Å². The lowest BCUT2D eigenvalue weighted by Crippen LogP contribution is -2.43. The maximum Gasteiger partial charge on any atom is 0.228 e. The first-order valence-electron chi connectivity index (χ1n) is 8.53. The Labute approximate surface area is 153 Å². The summed E-state index contributed by atoms with van der Waals surface area (Å²) in [4.78, 5) is 23.6. The van der Waals surface area contributed by atoms with Crippen LogP contribution in [0.15, 0.2) is 24.3 Å². The molecule has 2 aromatic rings. The molecule has 25 heavy (non-hydrogen) atoms. The molecule has 0 N–H and O–H groups in total. The molecule has 1 saturated heterocycles. The fraction of sp³-hybridized carbons (Fsp3) is 0.474. The molecule has 0 bridgehead atoms. The standard InChI is InChI=1S/C19H25N3O2S/c1-13-9-15(21(3)4)10-17(20-13)18-12-22(7-8-24-18)19(23)11-16-6-5-14(2)25-16/h5-6,9-10,18H,7-8,11-12H2,1-4H3. The molecular formula is C19H25N3O2S. The van der Waals surface area contributed by atoms with Gasteiger partial charge in [0.15, 0.2) is 0 Å². The quantitative estimate of drug-likeness (QED) is 0.842. The Hall–Kier alpha value is -1.92. The second-order valence-corrected chi connectivity index (χ2v) is 8.05.